The highest BCUT2D eigenvalue weighted by Crippen LogP contribution is 2.54. The van der Waals surface area contributed by atoms with Crippen molar-refractivity contribution >= 4 is 128 Å². The van der Waals surface area contributed by atoms with E-state index in [1.807, 2.05) is 67.6 Å². The van der Waals surface area contributed by atoms with E-state index in [-0.39, 0.29) is 12.4 Å². The third kappa shape index (κ3) is 15.9. The van der Waals surface area contributed by atoms with Crippen molar-refractivity contribution in [2.24, 2.45) is 0 Å². The summed E-state index contributed by atoms with van der Waals surface area (Å²) in [4.78, 5) is 0. The van der Waals surface area contributed by atoms with Crippen molar-refractivity contribution in [3.05, 3.63) is 306 Å². The van der Waals surface area contributed by atoms with Crippen LogP contribution in [0.1, 0.15) is 19.4 Å². The Hall–Kier alpha value is -7.80. The summed E-state index contributed by atoms with van der Waals surface area (Å²) in [5.74, 6) is 0.833. The van der Waals surface area contributed by atoms with E-state index >= 15 is 0 Å². The molecule has 1 N–H and O–H groups in total. The highest BCUT2D eigenvalue weighted by atomic mass is 35.5. The average molecular weight is 1230 g/mol. The van der Waals surface area contributed by atoms with Gasteiger partial charge in [0.05, 0.1) is 19.5 Å². The van der Waals surface area contributed by atoms with Crippen LogP contribution in [0.5, 0.6) is 5.75 Å². The van der Waals surface area contributed by atoms with Gasteiger partial charge < -0.3 is 17.1 Å². The summed E-state index contributed by atoms with van der Waals surface area (Å²) in [5.41, 5.74) is 5.67. The lowest BCUT2D eigenvalue weighted by atomic mass is 9.97. The van der Waals surface area contributed by atoms with Crippen LogP contribution in [-0.2, 0) is 10.1 Å². The molecule has 0 bridgehead atoms. The van der Waals surface area contributed by atoms with Gasteiger partial charge in [-0.15, -0.1) is 0 Å². The van der Waals surface area contributed by atoms with Gasteiger partial charge in [0.25, 0.3) is 10.1 Å². The fourth-order valence-electron chi connectivity index (χ4n) is 10.6. The Bertz CT molecular complexity index is 4400. The van der Waals surface area contributed by atoms with Gasteiger partial charge >= 0.3 is 0 Å². The zero-order valence-electron chi connectivity index (χ0n) is 47.5. The Morgan fingerprint density at radius 2 is 0.800 bits per heavy atom. The van der Waals surface area contributed by atoms with Gasteiger partial charge in [-0.1, -0.05) is 235 Å². The maximum atomic E-state index is 9.19. The maximum Gasteiger partial charge on any atom is 0.261 e. The number of hydrogen-bond donors (Lipinski definition) is 1. The molecule has 0 unspecified atom stereocenters. The molecule has 0 radical (unpaired) electrons. The minimum Gasteiger partial charge on any atom is -1.00 e. The molecule has 0 fully saturated rings. The van der Waals surface area contributed by atoms with Crippen molar-refractivity contribution in [2.75, 3.05) is 19.5 Å². The molecule has 0 aliphatic carbocycles. The summed E-state index contributed by atoms with van der Waals surface area (Å²) in [5, 5.41) is 19.2. The number of benzene rings is 13. The highest BCUT2D eigenvalue weighted by molar-refractivity contribution is 7.95. The van der Waals surface area contributed by atoms with Crippen LogP contribution in [-0.4, -0.2) is 32.5 Å². The Labute approximate surface area is 521 Å². The summed E-state index contributed by atoms with van der Waals surface area (Å²) >= 11 is 18.4. The molecule has 0 spiro atoms. The van der Waals surface area contributed by atoms with Crippen molar-refractivity contribution < 1.29 is 30.1 Å². The molecule has 13 aromatic rings. The van der Waals surface area contributed by atoms with Crippen LogP contribution >= 0.6 is 42.1 Å². The van der Waals surface area contributed by atoms with Gasteiger partial charge in [0.15, 0.2) is 0 Å². The van der Waals surface area contributed by atoms with Crippen LogP contribution < -0.4 is 33.1 Å². The van der Waals surface area contributed by atoms with E-state index in [1.165, 1.54) is 86.5 Å². The smallest absolute Gasteiger partial charge is 0.261 e. The molecule has 0 aliphatic heterocycles. The minimum atomic E-state index is -3.67. The van der Waals surface area contributed by atoms with Crippen LogP contribution in [0.15, 0.2) is 285 Å². The molecule has 0 atom stereocenters. The second-order valence-electron chi connectivity index (χ2n) is 19.9. The molecular formula is C75H63Cl4O4PS. The van der Waals surface area contributed by atoms with E-state index < -0.39 is 17.4 Å². The molecule has 0 aromatic heterocycles. The Morgan fingerprint density at radius 1 is 0.424 bits per heavy atom. The first-order valence-electron chi connectivity index (χ1n) is 27.5. The summed E-state index contributed by atoms with van der Waals surface area (Å²) in [6, 6.07) is 97.6. The van der Waals surface area contributed by atoms with E-state index in [1.54, 1.807) is 7.11 Å². The second-order valence-corrected chi connectivity index (χ2v) is 26.5. The largest absolute Gasteiger partial charge is 1.00 e. The summed E-state index contributed by atoms with van der Waals surface area (Å²) in [7, 11) is -3.53. The zero-order valence-corrected chi connectivity index (χ0v) is 52.2. The normalized spacial score (nSPS) is 11.1. The number of hydrogen-bond acceptors (Lipinski definition) is 3. The van der Waals surface area contributed by atoms with Gasteiger partial charge in [-0.2, -0.15) is 8.42 Å². The topological polar surface area (TPSA) is 63.6 Å². The van der Waals surface area contributed by atoms with Gasteiger partial charge in [-0.05, 0) is 181 Å². The Kier molecular flexibility index (Phi) is 22.2. The van der Waals surface area contributed by atoms with Gasteiger partial charge in [0, 0.05) is 20.6 Å². The zero-order chi connectivity index (χ0) is 59.1. The number of allylic oxidation sites excluding steroid dienone is 1. The fraction of sp³-hybridized carbons (Fsp3) is 0.0667. The van der Waals surface area contributed by atoms with Crippen LogP contribution in [0.3, 0.4) is 0 Å². The predicted molar refractivity (Wildman–Crippen MR) is 367 cm³/mol. The van der Waals surface area contributed by atoms with Crippen LogP contribution in [0.2, 0.25) is 15.1 Å². The van der Waals surface area contributed by atoms with Crippen molar-refractivity contribution in [2.45, 2.75) is 13.8 Å². The van der Waals surface area contributed by atoms with Gasteiger partial charge in [-0.25, -0.2) is 0 Å². The molecule has 0 saturated heterocycles. The van der Waals surface area contributed by atoms with Gasteiger partial charge in [0.2, 0.25) is 0 Å². The number of ether oxygens (including phenoxy) is 1. The molecule has 0 amide bonds. The van der Waals surface area contributed by atoms with E-state index in [0.29, 0.717) is 11.3 Å². The Balaban J connectivity index is 0.000000143. The van der Waals surface area contributed by atoms with Gasteiger partial charge in [-0.3, -0.25) is 4.55 Å². The highest BCUT2D eigenvalue weighted by Gasteiger charge is 2.43. The third-order valence-electron chi connectivity index (χ3n) is 14.4. The first kappa shape index (κ1) is 63.2. The minimum absolute atomic E-state index is 0. The first-order valence-corrected chi connectivity index (χ1v) is 32.4. The van der Waals surface area contributed by atoms with E-state index in [4.69, 9.17) is 44.1 Å². The average Bonchev–Trinajstić information content (AvgIpc) is 3.61. The second kappa shape index (κ2) is 29.8. The maximum absolute atomic E-state index is 9.19. The molecule has 13 rings (SSSR count). The predicted octanol–water partition coefficient (Wildman–Crippen LogP) is 17.7. The number of fused-ring (bicyclic) bond motifs is 7. The van der Waals surface area contributed by atoms with E-state index in [2.05, 4.69) is 237 Å². The van der Waals surface area contributed by atoms with Crippen LogP contribution in [0.25, 0.3) is 82.2 Å². The fourth-order valence-corrected chi connectivity index (χ4v) is 15.1. The van der Waals surface area contributed by atoms with Crippen molar-refractivity contribution in [1.29, 1.82) is 0 Å². The summed E-state index contributed by atoms with van der Waals surface area (Å²) in [6.45, 7) is 4.35. The number of halogens is 4. The van der Waals surface area contributed by atoms with Crippen molar-refractivity contribution in [1.82, 2.24) is 0 Å². The monoisotopic (exact) mass is 1230 g/mol. The molecule has 4 nitrogen and oxygen atoms in total. The molecule has 10 heteroatoms. The van der Waals surface area contributed by atoms with E-state index in [9.17, 15) is 8.42 Å². The number of methoxy groups -OCH3 is 1. The summed E-state index contributed by atoms with van der Waals surface area (Å²) < 4.78 is 31.3. The number of rotatable bonds is 8. The lowest BCUT2D eigenvalue weighted by Gasteiger charge is -2.26. The molecular weight excluding hydrogens is 1170 g/mol. The Morgan fingerprint density at radius 3 is 1.29 bits per heavy atom. The molecule has 426 valence electrons. The lowest BCUT2D eigenvalue weighted by molar-refractivity contribution is -0.0000202. The molecule has 13 aromatic carbocycles. The molecule has 85 heavy (non-hydrogen) atoms. The van der Waals surface area contributed by atoms with E-state index in [0.717, 1.165) is 33.1 Å². The standard InChI is InChI=1S/C20H20P.C19H15Cl.C18H11Cl.C17H13ClO.CH4O3S.ClH/c1-2-21(18-12-6-3-7-13-18,19-14-8-4-9-15-19)20-16-10-5-11-17-20;1-2-5-15-10-11-18(20)13-19(15)17-9-8-14-6-3-4-7-16(14)12-17;19-14-8-5-13-7-9-16-15-4-2-1-3-12(15)6-10-17(16)18(13)11-14;1-19-17-9-8-15(18)11-16(17)14-7-6-12-4-2-3-5-13(12)10-14;1-5(2,3)4;/h3-17H,2H2,1H3;2-13H,1H3;1-11H;2-11H,1H3;1H3,(H,2,3,4);1H/q+1;;;;;/p-1. The van der Waals surface area contributed by atoms with Crippen molar-refractivity contribution in [3.8, 4) is 28.0 Å². The summed E-state index contributed by atoms with van der Waals surface area (Å²) in [6.07, 6.45) is 6.02. The molecule has 0 heterocycles. The lowest BCUT2D eigenvalue weighted by Crippen LogP contribution is -3.00. The molecule has 0 aliphatic rings. The third-order valence-corrected chi connectivity index (χ3v) is 19.6. The first-order chi connectivity index (χ1) is 40.8. The van der Waals surface area contributed by atoms with Gasteiger partial charge in [0.1, 0.15) is 28.9 Å². The SMILES string of the molecule is CC=Cc1ccc(Cl)cc1-c1ccc2ccccc2c1.CC[P+](c1ccccc1)(c1ccccc1)c1ccccc1.COc1ccc(Cl)cc1-c1ccc2ccccc2c1.CS(=O)(=O)O.Clc1ccc2ccc3c4ccccc4ccc3c2c1.[Cl-]. The van der Waals surface area contributed by atoms with Crippen molar-refractivity contribution in [3.63, 3.8) is 0 Å². The van der Waals surface area contributed by atoms with Crippen LogP contribution in [0, 0.1) is 0 Å². The quantitative estimate of drug-likeness (QED) is 0.0935. The van der Waals surface area contributed by atoms with Crippen LogP contribution in [0.4, 0.5) is 0 Å². The molecule has 0 saturated carbocycles.